The predicted octanol–water partition coefficient (Wildman–Crippen LogP) is 7.23. The molecule has 0 fully saturated rings. The minimum absolute atomic E-state index is 0.727. The maximum absolute atomic E-state index is 6.84. The van der Waals surface area contributed by atoms with E-state index in [4.69, 9.17) is 9.72 Å². The molecule has 3 aliphatic heterocycles. The number of ether oxygens (including phenoxy) is 1. The second kappa shape index (κ2) is 8.39. The maximum atomic E-state index is 6.84. The Kier molecular flexibility index (Phi) is 4.49. The molecule has 8 aromatic rings. The van der Waals surface area contributed by atoms with E-state index in [-0.39, 0.29) is 0 Å². The van der Waals surface area contributed by atoms with Crippen molar-refractivity contribution in [2.75, 3.05) is 0 Å². The van der Waals surface area contributed by atoms with Crippen molar-refractivity contribution in [3.63, 3.8) is 0 Å². The highest BCUT2D eigenvalue weighted by atomic mass is 16.5. The van der Waals surface area contributed by atoms with Gasteiger partial charge in [0.1, 0.15) is 28.3 Å². The molecule has 7 heteroatoms. The van der Waals surface area contributed by atoms with Crippen LogP contribution in [-0.2, 0) is 5.66 Å². The first-order valence-corrected chi connectivity index (χ1v) is 16.0. The zero-order chi connectivity index (χ0) is 31.2. The standard InChI is InChI=1S/C40H28N6O/c1-23-21-26(29-12-6-8-19-41-29)22-42-38(23)35-24(2)45-31-14-10-15-32-36(31)40(46(45)25(35)3)37-33(47-32)18-17-28-27-11-4-5-13-30(27)44(39(28)37)34-16-7-9-20-43(34)40/h4-22H,1-3H3/q+2. The monoisotopic (exact) mass is 608 g/mol. The van der Waals surface area contributed by atoms with Crippen molar-refractivity contribution in [3.05, 3.63) is 144 Å². The average molecular weight is 609 g/mol. The van der Waals surface area contributed by atoms with Gasteiger partial charge in [-0.2, -0.15) is 9.13 Å². The van der Waals surface area contributed by atoms with Crippen LogP contribution >= 0.6 is 0 Å². The van der Waals surface area contributed by atoms with E-state index in [0.29, 0.717) is 0 Å². The number of aryl methyl sites for hydroxylation is 1. The van der Waals surface area contributed by atoms with Gasteiger partial charge in [-0.1, -0.05) is 35.0 Å². The van der Waals surface area contributed by atoms with E-state index in [2.05, 4.69) is 129 Å². The van der Waals surface area contributed by atoms with E-state index < -0.39 is 5.66 Å². The fraction of sp³-hybridized carbons (Fsp3) is 0.100. The summed E-state index contributed by atoms with van der Waals surface area (Å²) in [5.41, 5.74) is 12.5. The van der Waals surface area contributed by atoms with Crippen LogP contribution in [0.1, 0.15) is 28.1 Å². The molecule has 0 aliphatic carbocycles. The highest BCUT2D eigenvalue weighted by molar-refractivity contribution is 6.11. The molecule has 3 aromatic carbocycles. The lowest BCUT2D eigenvalue weighted by Gasteiger charge is -2.33. The van der Waals surface area contributed by atoms with E-state index >= 15 is 0 Å². The van der Waals surface area contributed by atoms with E-state index in [1.807, 2.05) is 30.6 Å². The summed E-state index contributed by atoms with van der Waals surface area (Å²) in [6.07, 6.45) is 6.02. The van der Waals surface area contributed by atoms with Crippen molar-refractivity contribution in [1.82, 2.24) is 19.2 Å². The van der Waals surface area contributed by atoms with E-state index in [0.717, 1.165) is 73.6 Å². The average Bonchev–Trinajstić information content (AvgIpc) is 3.70. The van der Waals surface area contributed by atoms with Crippen molar-refractivity contribution >= 4 is 21.8 Å². The van der Waals surface area contributed by atoms with Crippen LogP contribution < -0.4 is 14.0 Å². The Morgan fingerprint density at radius 2 is 1.62 bits per heavy atom. The number of fused-ring (bicyclic) bond motifs is 7. The van der Waals surface area contributed by atoms with Gasteiger partial charge in [-0.05, 0) is 80.1 Å². The normalized spacial score (nSPS) is 16.2. The number of benzene rings is 3. The Balaban J connectivity index is 1.30. The lowest BCUT2D eigenvalue weighted by molar-refractivity contribution is -0.995. The van der Waals surface area contributed by atoms with Gasteiger partial charge in [0, 0.05) is 41.7 Å². The third kappa shape index (κ3) is 2.77. The Hall–Kier alpha value is -6.08. The maximum Gasteiger partial charge on any atom is 0.397 e. The summed E-state index contributed by atoms with van der Waals surface area (Å²) >= 11 is 0. The van der Waals surface area contributed by atoms with Crippen molar-refractivity contribution in [2.24, 2.45) is 0 Å². The largest absolute Gasteiger partial charge is 0.456 e. The fourth-order valence-corrected chi connectivity index (χ4v) is 8.82. The Labute approximate surface area is 270 Å². The molecule has 1 spiro atoms. The molecule has 222 valence electrons. The first-order chi connectivity index (χ1) is 23.1. The molecule has 0 amide bonds. The smallest absolute Gasteiger partial charge is 0.397 e. The van der Waals surface area contributed by atoms with Gasteiger partial charge in [0.15, 0.2) is 11.1 Å². The lowest BCUT2D eigenvalue weighted by Crippen LogP contribution is -2.77. The van der Waals surface area contributed by atoms with Gasteiger partial charge in [0.25, 0.3) is 5.82 Å². The van der Waals surface area contributed by atoms with Crippen LogP contribution in [-0.4, -0.2) is 19.2 Å². The third-order valence-electron chi connectivity index (χ3n) is 10.5. The number of hydrogen-bond donors (Lipinski definition) is 0. The summed E-state index contributed by atoms with van der Waals surface area (Å²) in [7, 11) is 0. The molecule has 3 aliphatic rings. The molecule has 0 saturated heterocycles. The summed E-state index contributed by atoms with van der Waals surface area (Å²) in [5, 5.41) is 2.46. The van der Waals surface area contributed by atoms with Crippen LogP contribution in [0.25, 0.3) is 55.8 Å². The van der Waals surface area contributed by atoms with E-state index in [1.165, 1.54) is 21.8 Å². The van der Waals surface area contributed by atoms with Crippen LogP contribution in [0.3, 0.4) is 0 Å². The number of nitrogens with zero attached hydrogens (tertiary/aromatic N) is 6. The molecule has 0 saturated carbocycles. The molecule has 0 N–H and O–H groups in total. The SMILES string of the molecule is Cc1cc(-c2ccccn2)cnc1-c1c(C)n2[n+](c1C)C13c4c(cccc4-2)Oc2ccc4c5ccccc5n(c4c21)-c1cccc[n+]13. The van der Waals surface area contributed by atoms with Crippen molar-refractivity contribution < 1.29 is 14.0 Å². The first kappa shape index (κ1) is 25.2. The van der Waals surface area contributed by atoms with Crippen molar-refractivity contribution in [1.29, 1.82) is 0 Å². The summed E-state index contributed by atoms with van der Waals surface area (Å²) in [4.78, 5) is 9.70. The molecule has 7 nitrogen and oxygen atoms in total. The summed E-state index contributed by atoms with van der Waals surface area (Å²) in [6.45, 7) is 6.62. The lowest BCUT2D eigenvalue weighted by atomic mass is 9.84. The molecule has 1 unspecified atom stereocenters. The topological polar surface area (TPSA) is 52.6 Å². The molecule has 11 rings (SSSR count). The van der Waals surface area contributed by atoms with Crippen LogP contribution in [0.15, 0.2) is 116 Å². The number of pyridine rings is 3. The van der Waals surface area contributed by atoms with Crippen molar-refractivity contribution in [3.8, 4) is 45.5 Å². The first-order valence-electron chi connectivity index (χ1n) is 16.0. The minimum Gasteiger partial charge on any atom is -0.456 e. The fourth-order valence-electron chi connectivity index (χ4n) is 8.82. The molecule has 0 bridgehead atoms. The number of aromatic nitrogens is 6. The van der Waals surface area contributed by atoms with Gasteiger partial charge in [-0.3, -0.25) is 9.97 Å². The number of hydrogen-bond acceptors (Lipinski definition) is 3. The third-order valence-corrected chi connectivity index (χ3v) is 10.5. The van der Waals surface area contributed by atoms with Gasteiger partial charge >= 0.3 is 5.66 Å². The Bertz CT molecular complexity index is 2700. The van der Waals surface area contributed by atoms with E-state index in [9.17, 15) is 0 Å². The van der Waals surface area contributed by atoms with Gasteiger partial charge in [0.05, 0.1) is 28.8 Å². The molecule has 8 heterocycles. The molecule has 47 heavy (non-hydrogen) atoms. The van der Waals surface area contributed by atoms with Gasteiger partial charge in [-0.15, -0.1) is 4.68 Å². The van der Waals surface area contributed by atoms with Gasteiger partial charge < -0.3 is 4.74 Å². The molecular weight excluding hydrogens is 580 g/mol. The zero-order valence-electron chi connectivity index (χ0n) is 26.1. The second-order valence-corrected chi connectivity index (χ2v) is 12.8. The van der Waals surface area contributed by atoms with Gasteiger partial charge in [-0.25, -0.2) is 0 Å². The zero-order valence-corrected chi connectivity index (χ0v) is 26.1. The summed E-state index contributed by atoms with van der Waals surface area (Å²) in [6, 6.07) is 34.3. The van der Waals surface area contributed by atoms with E-state index in [1.54, 1.807) is 0 Å². The second-order valence-electron chi connectivity index (χ2n) is 12.8. The summed E-state index contributed by atoms with van der Waals surface area (Å²) < 4.78 is 16.6. The molecule has 1 atom stereocenters. The predicted molar refractivity (Wildman–Crippen MR) is 179 cm³/mol. The quantitative estimate of drug-likeness (QED) is 0.195. The highest BCUT2D eigenvalue weighted by Crippen LogP contribution is 2.56. The van der Waals surface area contributed by atoms with Crippen LogP contribution in [0.5, 0.6) is 11.5 Å². The van der Waals surface area contributed by atoms with Crippen LogP contribution in [0, 0.1) is 20.8 Å². The van der Waals surface area contributed by atoms with Gasteiger partial charge in [0.2, 0.25) is 5.69 Å². The molecule has 0 radical (unpaired) electrons. The van der Waals surface area contributed by atoms with Crippen LogP contribution in [0.4, 0.5) is 0 Å². The molecule has 5 aromatic heterocycles. The number of para-hydroxylation sites is 1. The number of rotatable bonds is 2. The van der Waals surface area contributed by atoms with Crippen molar-refractivity contribution in [2.45, 2.75) is 26.4 Å². The summed E-state index contributed by atoms with van der Waals surface area (Å²) in [5.74, 6) is 2.87. The Morgan fingerprint density at radius 1 is 0.766 bits per heavy atom. The molecular formula is C40H28N6O+2. The Morgan fingerprint density at radius 3 is 2.49 bits per heavy atom. The highest BCUT2D eigenvalue weighted by Gasteiger charge is 2.70. The van der Waals surface area contributed by atoms with Crippen LogP contribution in [0.2, 0.25) is 0 Å². The minimum atomic E-state index is -0.727.